The second-order valence-corrected chi connectivity index (χ2v) is 10.8. The summed E-state index contributed by atoms with van der Waals surface area (Å²) in [6.45, 7) is 4.18. The van der Waals surface area contributed by atoms with Crippen LogP contribution in [0.25, 0.3) is 6.08 Å². The molecule has 10 heteroatoms. The topological polar surface area (TPSA) is 99.2 Å². The zero-order valence-corrected chi connectivity index (χ0v) is 22.1. The van der Waals surface area contributed by atoms with E-state index in [4.69, 9.17) is 13.7 Å². The number of hydrogen-bond donors (Lipinski definition) is 0. The van der Waals surface area contributed by atoms with Crippen LogP contribution in [-0.2, 0) is 14.9 Å². The summed E-state index contributed by atoms with van der Waals surface area (Å²) < 4.78 is 41.5. The lowest BCUT2D eigenvalue weighted by Crippen LogP contribution is -2.32. The number of thioether (sulfide) groups is 1. The van der Waals surface area contributed by atoms with Crippen LogP contribution < -0.4 is 13.7 Å². The van der Waals surface area contributed by atoms with Crippen molar-refractivity contribution in [3.8, 4) is 17.2 Å². The Bertz CT molecular complexity index is 1470. The summed E-state index contributed by atoms with van der Waals surface area (Å²) in [6, 6.07) is 18.2. The molecule has 4 rings (SSSR count). The summed E-state index contributed by atoms with van der Waals surface area (Å²) in [5.41, 5.74) is 2.57. The number of amides is 2. The van der Waals surface area contributed by atoms with Crippen LogP contribution in [0.4, 0.5) is 4.79 Å². The third-order valence-corrected chi connectivity index (χ3v) is 7.66. The van der Waals surface area contributed by atoms with E-state index in [1.54, 1.807) is 30.3 Å². The minimum absolute atomic E-state index is 0.000184. The van der Waals surface area contributed by atoms with Crippen molar-refractivity contribution >= 4 is 39.1 Å². The molecule has 1 aliphatic heterocycles. The number of carbonyl (C=O) groups is 2. The van der Waals surface area contributed by atoms with Gasteiger partial charge in [-0.3, -0.25) is 14.5 Å². The fraction of sp³-hybridized carbons (Fsp3) is 0.185. The van der Waals surface area contributed by atoms with Crippen LogP contribution >= 0.6 is 11.8 Å². The van der Waals surface area contributed by atoms with Gasteiger partial charge in [0, 0.05) is 0 Å². The highest BCUT2D eigenvalue weighted by atomic mass is 32.2. The second kappa shape index (κ2) is 11.1. The Morgan fingerprint density at radius 2 is 1.68 bits per heavy atom. The molecule has 1 aliphatic rings. The molecule has 1 fully saturated rings. The van der Waals surface area contributed by atoms with Crippen molar-refractivity contribution in [3.63, 3.8) is 0 Å². The first-order chi connectivity index (χ1) is 17.7. The van der Waals surface area contributed by atoms with Gasteiger partial charge in [0.15, 0.2) is 11.5 Å². The molecule has 0 atom stereocenters. The zero-order valence-electron chi connectivity index (χ0n) is 20.5. The molecular formula is C27H25NO7S2. The maximum absolute atomic E-state index is 12.9. The number of methoxy groups -OCH3 is 1. The van der Waals surface area contributed by atoms with Gasteiger partial charge in [-0.1, -0.05) is 36.4 Å². The average molecular weight is 540 g/mol. The lowest BCUT2D eigenvalue weighted by atomic mass is 10.1. The van der Waals surface area contributed by atoms with Crippen LogP contribution in [-0.4, -0.2) is 44.7 Å². The summed E-state index contributed by atoms with van der Waals surface area (Å²) in [5.74, 6) is 0.450. The monoisotopic (exact) mass is 539 g/mol. The summed E-state index contributed by atoms with van der Waals surface area (Å²) in [4.78, 5) is 26.7. The van der Waals surface area contributed by atoms with Crippen LogP contribution in [0.3, 0.4) is 0 Å². The van der Waals surface area contributed by atoms with Gasteiger partial charge in [-0.2, -0.15) is 8.42 Å². The lowest BCUT2D eigenvalue weighted by molar-refractivity contribution is -0.123. The van der Waals surface area contributed by atoms with Gasteiger partial charge in [0.2, 0.25) is 0 Å². The van der Waals surface area contributed by atoms with Crippen LogP contribution in [0.5, 0.6) is 17.2 Å². The molecular weight excluding hydrogens is 514 g/mol. The van der Waals surface area contributed by atoms with Crippen LogP contribution in [0.2, 0.25) is 0 Å². The van der Waals surface area contributed by atoms with E-state index in [1.807, 2.05) is 32.0 Å². The van der Waals surface area contributed by atoms with E-state index in [2.05, 4.69) is 0 Å². The number of carbonyl (C=O) groups excluding carboxylic acids is 2. The van der Waals surface area contributed by atoms with E-state index in [-0.39, 0.29) is 39.7 Å². The number of aryl methyl sites for hydroxylation is 2. The molecule has 0 N–H and O–H groups in total. The molecule has 0 unspecified atom stereocenters. The standard InChI is InChI=1S/C27H25NO7S2/c1-18-9-10-19(2)23(15-18)34-14-13-28-26(29)25(36-27(28)30)17-20-11-12-22(24(16-20)33-3)35-37(31,32)21-7-5-4-6-8-21/h4-12,15-17H,13-14H2,1-3H3/b25-17-. The molecule has 0 saturated carbocycles. The predicted octanol–water partition coefficient (Wildman–Crippen LogP) is 5.20. The number of rotatable bonds is 9. The van der Waals surface area contributed by atoms with Gasteiger partial charge in [-0.05, 0) is 78.7 Å². The van der Waals surface area contributed by atoms with Crippen molar-refractivity contribution in [2.45, 2.75) is 18.7 Å². The third-order valence-electron chi connectivity index (χ3n) is 5.51. The molecule has 0 spiro atoms. The van der Waals surface area contributed by atoms with Crippen LogP contribution in [0, 0.1) is 13.8 Å². The smallest absolute Gasteiger partial charge is 0.339 e. The van der Waals surface area contributed by atoms with Gasteiger partial charge in [-0.15, -0.1) is 0 Å². The van der Waals surface area contributed by atoms with Gasteiger partial charge in [0.25, 0.3) is 11.1 Å². The fourth-order valence-corrected chi connectivity index (χ4v) is 5.38. The normalized spacial score (nSPS) is 14.8. The van der Waals surface area contributed by atoms with Crippen molar-refractivity contribution in [3.05, 3.63) is 88.3 Å². The lowest BCUT2D eigenvalue weighted by Gasteiger charge is -2.14. The van der Waals surface area contributed by atoms with Gasteiger partial charge in [0.05, 0.1) is 18.6 Å². The third kappa shape index (κ3) is 6.15. The fourth-order valence-electron chi connectivity index (χ4n) is 3.55. The molecule has 37 heavy (non-hydrogen) atoms. The summed E-state index contributed by atoms with van der Waals surface area (Å²) in [5, 5.41) is -0.387. The molecule has 0 aliphatic carbocycles. The molecule has 3 aromatic rings. The van der Waals surface area contributed by atoms with Gasteiger partial charge in [-0.25, -0.2) is 0 Å². The van der Waals surface area contributed by atoms with E-state index in [1.165, 1.54) is 31.4 Å². The molecule has 0 aromatic heterocycles. The molecule has 192 valence electrons. The Morgan fingerprint density at radius 3 is 2.41 bits per heavy atom. The van der Waals surface area contributed by atoms with E-state index in [0.29, 0.717) is 11.3 Å². The highest BCUT2D eigenvalue weighted by Gasteiger charge is 2.35. The van der Waals surface area contributed by atoms with Crippen molar-refractivity contribution in [2.75, 3.05) is 20.3 Å². The number of hydrogen-bond acceptors (Lipinski definition) is 8. The Balaban J connectivity index is 1.45. The highest BCUT2D eigenvalue weighted by Crippen LogP contribution is 2.35. The number of benzene rings is 3. The predicted molar refractivity (Wildman–Crippen MR) is 141 cm³/mol. The largest absolute Gasteiger partial charge is 0.493 e. The van der Waals surface area contributed by atoms with E-state index in [9.17, 15) is 18.0 Å². The Hall–Kier alpha value is -3.76. The molecule has 3 aromatic carbocycles. The molecule has 2 amide bonds. The second-order valence-electron chi connectivity index (χ2n) is 8.21. The minimum atomic E-state index is -4.06. The van der Waals surface area contributed by atoms with Gasteiger partial charge >= 0.3 is 10.1 Å². The van der Waals surface area contributed by atoms with E-state index in [0.717, 1.165) is 27.8 Å². The molecule has 1 heterocycles. The minimum Gasteiger partial charge on any atom is -0.493 e. The van der Waals surface area contributed by atoms with Crippen LogP contribution in [0.15, 0.2) is 76.5 Å². The van der Waals surface area contributed by atoms with Gasteiger partial charge in [0.1, 0.15) is 17.3 Å². The highest BCUT2D eigenvalue weighted by molar-refractivity contribution is 8.18. The zero-order chi connectivity index (χ0) is 26.6. The molecule has 8 nitrogen and oxygen atoms in total. The number of ether oxygens (including phenoxy) is 2. The van der Waals surface area contributed by atoms with E-state index < -0.39 is 16.0 Å². The molecule has 1 saturated heterocycles. The van der Waals surface area contributed by atoms with Crippen molar-refractivity contribution in [1.82, 2.24) is 4.90 Å². The maximum Gasteiger partial charge on any atom is 0.339 e. The summed E-state index contributed by atoms with van der Waals surface area (Å²) in [7, 11) is -2.68. The van der Waals surface area contributed by atoms with Crippen molar-refractivity contribution in [2.24, 2.45) is 0 Å². The average Bonchev–Trinajstić information content (AvgIpc) is 3.14. The molecule has 0 radical (unpaired) electrons. The Kier molecular flexibility index (Phi) is 7.89. The molecule has 0 bridgehead atoms. The van der Waals surface area contributed by atoms with Crippen molar-refractivity contribution < 1.29 is 31.7 Å². The summed E-state index contributed by atoms with van der Waals surface area (Å²) in [6.07, 6.45) is 1.55. The first-order valence-corrected chi connectivity index (χ1v) is 13.5. The quantitative estimate of drug-likeness (QED) is 0.270. The maximum atomic E-state index is 12.9. The first-order valence-electron chi connectivity index (χ1n) is 11.3. The Labute approximate surface area is 220 Å². The number of imide groups is 1. The van der Waals surface area contributed by atoms with Gasteiger partial charge < -0.3 is 13.7 Å². The van der Waals surface area contributed by atoms with E-state index >= 15 is 0 Å². The SMILES string of the molecule is COc1cc(/C=C2\SC(=O)N(CCOc3cc(C)ccc3C)C2=O)ccc1OS(=O)(=O)c1ccccc1. The Morgan fingerprint density at radius 1 is 0.919 bits per heavy atom. The first kappa shape index (κ1) is 26.3. The van der Waals surface area contributed by atoms with Crippen LogP contribution in [0.1, 0.15) is 16.7 Å². The summed E-state index contributed by atoms with van der Waals surface area (Å²) >= 11 is 0.828. The number of nitrogens with zero attached hydrogens (tertiary/aromatic N) is 1. The van der Waals surface area contributed by atoms with Crippen molar-refractivity contribution in [1.29, 1.82) is 0 Å².